The molecule has 0 saturated heterocycles. The molecule has 0 heterocycles. The summed E-state index contributed by atoms with van der Waals surface area (Å²) in [4.78, 5) is 11.7. The number of alkyl halides is 3. The minimum Gasteiger partial charge on any atom is -0.496 e. The smallest absolute Gasteiger partial charge is 0.416 e. The SMILES string of the molecule is CCCC(=O)c1cc(C(F)(F)F)ccc1OC. The molecule has 2 nitrogen and oxygen atoms in total. The van der Waals surface area contributed by atoms with Crippen LogP contribution in [0.15, 0.2) is 18.2 Å². The second kappa shape index (κ2) is 5.21. The third kappa shape index (κ3) is 3.22. The van der Waals surface area contributed by atoms with Gasteiger partial charge in [0.05, 0.1) is 18.2 Å². The van der Waals surface area contributed by atoms with Crippen molar-refractivity contribution in [2.45, 2.75) is 25.9 Å². The average molecular weight is 246 g/mol. The molecule has 0 saturated carbocycles. The van der Waals surface area contributed by atoms with E-state index in [1.165, 1.54) is 13.2 Å². The van der Waals surface area contributed by atoms with Gasteiger partial charge in [-0.05, 0) is 24.6 Å². The number of Topliss-reactive ketones (excluding diaryl/α,β-unsaturated/α-hetero) is 1. The van der Waals surface area contributed by atoms with Gasteiger partial charge in [-0.25, -0.2) is 0 Å². The molecular weight excluding hydrogens is 233 g/mol. The summed E-state index contributed by atoms with van der Waals surface area (Å²) in [5, 5.41) is 0. The van der Waals surface area contributed by atoms with Crippen molar-refractivity contribution in [3.05, 3.63) is 29.3 Å². The maximum atomic E-state index is 12.5. The third-order valence-electron chi connectivity index (χ3n) is 2.30. The van der Waals surface area contributed by atoms with E-state index < -0.39 is 11.7 Å². The Morgan fingerprint density at radius 1 is 1.35 bits per heavy atom. The maximum Gasteiger partial charge on any atom is 0.416 e. The van der Waals surface area contributed by atoms with Crippen molar-refractivity contribution in [1.82, 2.24) is 0 Å². The molecule has 94 valence electrons. The summed E-state index contributed by atoms with van der Waals surface area (Å²) < 4.78 is 42.4. The lowest BCUT2D eigenvalue weighted by atomic mass is 10.0. The first-order valence-corrected chi connectivity index (χ1v) is 5.18. The number of ether oxygens (including phenoxy) is 1. The van der Waals surface area contributed by atoms with Gasteiger partial charge in [0.1, 0.15) is 5.75 Å². The molecule has 0 aliphatic heterocycles. The van der Waals surface area contributed by atoms with Crippen LogP contribution in [0.3, 0.4) is 0 Å². The predicted molar refractivity (Wildman–Crippen MR) is 57.2 cm³/mol. The van der Waals surface area contributed by atoms with Crippen LogP contribution in [0.25, 0.3) is 0 Å². The number of carbonyl (C=O) groups excluding carboxylic acids is 1. The minimum absolute atomic E-state index is 0.0100. The maximum absolute atomic E-state index is 12.5. The average Bonchev–Trinajstić information content (AvgIpc) is 2.27. The van der Waals surface area contributed by atoms with Gasteiger partial charge >= 0.3 is 6.18 Å². The number of hydrogen-bond acceptors (Lipinski definition) is 2. The molecule has 0 atom stereocenters. The van der Waals surface area contributed by atoms with E-state index in [0.29, 0.717) is 6.42 Å². The molecule has 0 aromatic heterocycles. The fourth-order valence-electron chi connectivity index (χ4n) is 1.46. The van der Waals surface area contributed by atoms with Crippen LogP contribution in [-0.4, -0.2) is 12.9 Å². The number of ketones is 1. The van der Waals surface area contributed by atoms with E-state index in [2.05, 4.69) is 0 Å². The van der Waals surface area contributed by atoms with Crippen molar-refractivity contribution in [2.75, 3.05) is 7.11 Å². The van der Waals surface area contributed by atoms with Gasteiger partial charge in [-0.1, -0.05) is 6.92 Å². The van der Waals surface area contributed by atoms with Crippen LogP contribution in [0.2, 0.25) is 0 Å². The Morgan fingerprint density at radius 3 is 2.47 bits per heavy atom. The first-order valence-electron chi connectivity index (χ1n) is 5.18. The lowest BCUT2D eigenvalue weighted by Gasteiger charge is -2.11. The van der Waals surface area contributed by atoms with Gasteiger partial charge < -0.3 is 4.74 Å². The highest BCUT2D eigenvalue weighted by Gasteiger charge is 2.31. The molecule has 0 aliphatic rings. The Bertz CT molecular complexity index is 411. The van der Waals surface area contributed by atoms with E-state index in [-0.39, 0.29) is 23.5 Å². The number of halogens is 3. The van der Waals surface area contributed by atoms with Crippen LogP contribution in [0.5, 0.6) is 5.75 Å². The van der Waals surface area contributed by atoms with Crippen LogP contribution in [0, 0.1) is 0 Å². The van der Waals surface area contributed by atoms with E-state index in [0.717, 1.165) is 12.1 Å². The summed E-state index contributed by atoms with van der Waals surface area (Å²) >= 11 is 0. The molecule has 0 N–H and O–H groups in total. The largest absolute Gasteiger partial charge is 0.496 e. The molecule has 0 unspecified atom stereocenters. The van der Waals surface area contributed by atoms with Gasteiger partial charge in [0.2, 0.25) is 0 Å². The first-order chi connectivity index (χ1) is 7.90. The molecule has 0 fully saturated rings. The summed E-state index contributed by atoms with van der Waals surface area (Å²) in [5.74, 6) is -0.160. The van der Waals surface area contributed by atoms with Crippen LogP contribution >= 0.6 is 0 Å². The lowest BCUT2D eigenvalue weighted by molar-refractivity contribution is -0.137. The number of benzene rings is 1. The highest BCUT2D eigenvalue weighted by atomic mass is 19.4. The van der Waals surface area contributed by atoms with Gasteiger partial charge in [-0.15, -0.1) is 0 Å². The Balaban J connectivity index is 3.20. The Kier molecular flexibility index (Phi) is 4.15. The van der Waals surface area contributed by atoms with Crippen LogP contribution in [0.1, 0.15) is 35.7 Å². The van der Waals surface area contributed by atoms with E-state index >= 15 is 0 Å². The molecule has 0 spiro atoms. The van der Waals surface area contributed by atoms with Crippen LogP contribution in [-0.2, 0) is 6.18 Å². The second-order valence-electron chi connectivity index (χ2n) is 3.59. The summed E-state index contributed by atoms with van der Waals surface area (Å²) in [6, 6.07) is 2.92. The topological polar surface area (TPSA) is 26.3 Å². The third-order valence-corrected chi connectivity index (χ3v) is 2.30. The first kappa shape index (κ1) is 13.5. The van der Waals surface area contributed by atoms with Crippen LogP contribution in [0.4, 0.5) is 13.2 Å². The molecule has 0 aliphatic carbocycles. The Labute approximate surface area is 97.4 Å². The second-order valence-corrected chi connectivity index (χ2v) is 3.59. The molecule has 17 heavy (non-hydrogen) atoms. The van der Waals surface area contributed by atoms with Crippen molar-refractivity contribution in [3.63, 3.8) is 0 Å². The normalized spacial score (nSPS) is 11.4. The van der Waals surface area contributed by atoms with E-state index in [1.54, 1.807) is 6.92 Å². The zero-order valence-electron chi connectivity index (χ0n) is 9.60. The Morgan fingerprint density at radius 2 is 2.00 bits per heavy atom. The molecule has 1 rings (SSSR count). The molecule has 0 amide bonds. The summed E-state index contributed by atoms with van der Waals surface area (Å²) in [7, 11) is 1.32. The standard InChI is InChI=1S/C12H13F3O2/c1-3-4-10(16)9-7-8(12(13,14)15)5-6-11(9)17-2/h5-7H,3-4H2,1-2H3. The minimum atomic E-state index is -4.45. The summed E-state index contributed by atoms with van der Waals surface area (Å²) in [6.07, 6.45) is -3.66. The van der Waals surface area contributed by atoms with Crippen molar-refractivity contribution in [3.8, 4) is 5.75 Å². The molecule has 0 bridgehead atoms. The van der Waals surface area contributed by atoms with Gasteiger partial charge in [-0.2, -0.15) is 13.2 Å². The van der Waals surface area contributed by atoms with Crippen molar-refractivity contribution >= 4 is 5.78 Å². The van der Waals surface area contributed by atoms with Gasteiger partial charge in [0.25, 0.3) is 0 Å². The molecule has 0 radical (unpaired) electrons. The zero-order valence-corrected chi connectivity index (χ0v) is 9.60. The zero-order chi connectivity index (χ0) is 13.1. The van der Waals surface area contributed by atoms with Gasteiger partial charge in [-0.3, -0.25) is 4.79 Å². The molecule has 5 heteroatoms. The van der Waals surface area contributed by atoms with Crippen molar-refractivity contribution in [1.29, 1.82) is 0 Å². The Hall–Kier alpha value is -1.52. The number of carbonyl (C=O) groups is 1. The fourth-order valence-corrected chi connectivity index (χ4v) is 1.46. The molecule has 1 aromatic rings. The van der Waals surface area contributed by atoms with E-state index in [4.69, 9.17) is 4.74 Å². The summed E-state index contributed by atoms with van der Waals surface area (Å²) in [5.41, 5.74) is -0.845. The number of hydrogen-bond donors (Lipinski definition) is 0. The van der Waals surface area contributed by atoms with E-state index in [1.807, 2.05) is 0 Å². The quantitative estimate of drug-likeness (QED) is 0.757. The highest BCUT2D eigenvalue weighted by Crippen LogP contribution is 2.33. The highest BCUT2D eigenvalue weighted by molar-refractivity contribution is 5.98. The summed E-state index contributed by atoms with van der Waals surface area (Å²) in [6.45, 7) is 1.79. The molecular formula is C12H13F3O2. The van der Waals surface area contributed by atoms with Gasteiger partial charge in [0.15, 0.2) is 5.78 Å². The number of rotatable bonds is 4. The van der Waals surface area contributed by atoms with Crippen molar-refractivity contribution in [2.24, 2.45) is 0 Å². The molecule has 1 aromatic carbocycles. The monoisotopic (exact) mass is 246 g/mol. The van der Waals surface area contributed by atoms with Crippen molar-refractivity contribution < 1.29 is 22.7 Å². The van der Waals surface area contributed by atoms with Crippen LogP contribution < -0.4 is 4.74 Å². The van der Waals surface area contributed by atoms with Gasteiger partial charge in [0, 0.05) is 6.42 Å². The fraction of sp³-hybridized carbons (Fsp3) is 0.417. The lowest BCUT2D eigenvalue weighted by Crippen LogP contribution is -2.09. The predicted octanol–water partition coefficient (Wildman–Crippen LogP) is 3.70. The number of methoxy groups -OCH3 is 1. The van der Waals surface area contributed by atoms with E-state index in [9.17, 15) is 18.0 Å².